The second-order valence-corrected chi connectivity index (χ2v) is 9.34. The quantitative estimate of drug-likeness (QED) is 0.256. The lowest BCUT2D eigenvalue weighted by molar-refractivity contribution is -0.141. The van der Waals surface area contributed by atoms with Crippen LogP contribution in [0.1, 0.15) is 26.5 Å². The van der Waals surface area contributed by atoms with Gasteiger partial charge in [-0.25, -0.2) is 9.67 Å². The van der Waals surface area contributed by atoms with E-state index in [9.17, 15) is 27.6 Å². The molecule has 15 heteroatoms. The molecule has 0 aliphatic heterocycles. The van der Waals surface area contributed by atoms with Crippen LogP contribution in [-0.2, 0) is 11.0 Å². The topological polar surface area (TPSA) is 126 Å². The maximum absolute atomic E-state index is 13.5. The number of anilines is 1. The zero-order valence-electron chi connectivity index (χ0n) is 18.6. The fourth-order valence-electron chi connectivity index (χ4n) is 3.44. The van der Waals surface area contributed by atoms with Crippen LogP contribution in [0.15, 0.2) is 53.1 Å². The molecule has 0 aliphatic rings. The lowest BCUT2D eigenvalue weighted by atomic mass is 10.0. The number of hydrogen-bond acceptors (Lipinski definition) is 5. The fraction of sp³-hybridized carbons (Fsp3) is 0.0870. The Morgan fingerprint density at radius 3 is 2.47 bits per heavy atom. The number of carboxylic acids is 1. The Kier molecular flexibility index (Phi) is 7.63. The molecule has 0 aliphatic carbocycles. The molecule has 196 valence electrons. The van der Waals surface area contributed by atoms with Crippen molar-refractivity contribution in [3.63, 3.8) is 0 Å². The van der Waals surface area contributed by atoms with Crippen LogP contribution < -0.4 is 10.6 Å². The highest BCUT2D eigenvalue weighted by Gasteiger charge is 2.37. The van der Waals surface area contributed by atoms with E-state index in [2.05, 4.69) is 36.6 Å². The Balaban J connectivity index is 1.85. The minimum absolute atomic E-state index is 0.0820. The summed E-state index contributed by atoms with van der Waals surface area (Å²) < 4.78 is 41.7. The number of carbonyl (C=O) groups is 3. The molecule has 0 saturated carbocycles. The molecule has 4 aromatic rings. The lowest BCUT2D eigenvalue weighted by Gasteiger charge is -2.16. The van der Waals surface area contributed by atoms with E-state index < -0.39 is 41.9 Å². The number of pyridine rings is 1. The van der Waals surface area contributed by atoms with Crippen LogP contribution in [0, 0.1) is 0 Å². The van der Waals surface area contributed by atoms with Gasteiger partial charge in [0.15, 0.2) is 11.5 Å². The Bertz CT molecular complexity index is 1610. The normalized spacial score (nSPS) is 11.4. The zero-order chi connectivity index (χ0) is 27.8. The number of hydrogen-bond donors (Lipinski definition) is 3. The van der Waals surface area contributed by atoms with Crippen LogP contribution in [0.25, 0.3) is 16.6 Å². The number of alkyl halides is 3. The van der Waals surface area contributed by atoms with E-state index in [1.807, 2.05) is 0 Å². The van der Waals surface area contributed by atoms with Crippen molar-refractivity contribution >= 4 is 73.4 Å². The molecule has 0 bridgehead atoms. The lowest BCUT2D eigenvalue weighted by Crippen LogP contribution is -2.30. The van der Waals surface area contributed by atoms with E-state index in [4.69, 9.17) is 28.3 Å². The number of aromatic nitrogens is 3. The summed E-state index contributed by atoms with van der Waals surface area (Å²) in [6.45, 7) is -0.736. The monoisotopic (exact) mass is 629 g/mol. The third-order valence-corrected chi connectivity index (χ3v) is 6.28. The molecule has 9 nitrogen and oxygen atoms in total. The maximum Gasteiger partial charge on any atom is 0.435 e. The molecule has 4 rings (SSSR count). The maximum atomic E-state index is 13.5. The molecule has 3 N–H and O–H groups in total. The molecule has 0 saturated heterocycles. The number of nitrogens with one attached hydrogen (secondary N) is 2. The van der Waals surface area contributed by atoms with Gasteiger partial charge in [0.05, 0.1) is 21.3 Å². The van der Waals surface area contributed by atoms with E-state index in [1.54, 1.807) is 18.2 Å². The second-order valence-electron chi connectivity index (χ2n) is 7.64. The SMILES string of the molecule is O=C(O)CNC(=O)c1cc2cc(Br)ccc2c(Cl)c1NC(=O)c1cc(C(F)(F)F)nn1-c1ncccc1Cl. The van der Waals surface area contributed by atoms with Gasteiger partial charge in [-0.15, -0.1) is 0 Å². The van der Waals surface area contributed by atoms with Crippen molar-refractivity contribution in [2.45, 2.75) is 6.18 Å². The van der Waals surface area contributed by atoms with Crippen molar-refractivity contribution in [1.82, 2.24) is 20.1 Å². The van der Waals surface area contributed by atoms with E-state index in [1.165, 1.54) is 24.4 Å². The van der Waals surface area contributed by atoms with Crippen molar-refractivity contribution < 1.29 is 32.7 Å². The summed E-state index contributed by atoms with van der Waals surface area (Å²) >= 11 is 15.9. The predicted octanol–water partition coefficient (Wildman–Crippen LogP) is 5.58. The Morgan fingerprint density at radius 1 is 1.08 bits per heavy atom. The van der Waals surface area contributed by atoms with Crippen molar-refractivity contribution in [1.29, 1.82) is 0 Å². The number of fused-ring (bicyclic) bond motifs is 1. The summed E-state index contributed by atoms with van der Waals surface area (Å²) in [5.74, 6) is -3.60. The van der Waals surface area contributed by atoms with Gasteiger partial charge in [-0.05, 0) is 35.7 Å². The molecule has 2 heterocycles. The highest BCUT2D eigenvalue weighted by Crippen LogP contribution is 2.37. The number of carbonyl (C=O) groups excluding carboxylic acids is 2. The van der Waals surface area contributed by atoms with Crippen LogP contribution in [0.2, 0.25) is 10.0 Å². The van der Waals surface area contributed by atoms with Crippen LogP contribution in [0.3, 0.4) is 0 Å². The molecule has 0 radical (unpaired) electrons. The van der Waals surface area contributed by atoms with Gasteiger partial charge in [0, 0.05) is 22.1 Å². The van der Waals surface area contributed by atoms with Crippen LogP contribution in [-0.4, -0.2) is 44.2 Å². The minimum atomic E-state index is -4.91. The van der Waals surface area contributed by atoms with Gasteiger partial charge in [0.1, 0.15) is 12.2 Å². The second kappa shape index (κ2) is 10.6. The van der Waals surface area contributed by atoms with Crippen LogP contribution >= 0.6 is 39.1 Å². The molecule has 0 unspecified atom stereocenters. The number of halogens is 6. The van der Waals surface area contributed by atoms with E-state index in [-0.39, 0.29) is 27.1 Å². The summed E-state index contributed by atoms with van der Waals surface area (Å²) in [5.41, 5.74) is -2.49. The largest absolute Gasteiger partial charge is 0.480 e. The predicted molar refractivity (Wildman–Crippen MR) is 136 cm³/mol. The number of nitrogens with zero attached hydrogens (tertiary/aromatic N) is 3. The first-order valence-electron chi connectivity index (χ1n) is 10.4. The number of amides is 2. The standard InChI is InChI=1S/C23H13BrCl2F3N5O4/c24-11-3-4-12-10(6-11)7-13(21(37)31-9-17(35)36)19(18(12)26)32-22(38)15-8-16(23(27,28)29)33-34(15)20-14(25)2-1-5-30-20/h1-8H,9H2,(H,31,37)(H,32,38)(H,35,36). The first-order chi connectivity index (χ1) is 17.9. The molecule has 0 spiro atoms. The highest BCUT2D eigenvalue weighted by atomic mass is 79.9. The van der Waals surface area contributed by atoms with E-state index in [0.29, 0.717) is 26.0 Å². The highest BCUT2D eigenvalue weighted by molar-refractivity contribution is 9.10. The van der Waals surface area contributed by atoms with Crippen molar-refractivity contribution in [3.8, 4) is 5.82 Å². The van der Waals surface area contributed by atoms with Crippen molar-refractivity contribution in [2.24, 2.45) is 0 Å². The third-order valence-electron chi connectivity index (χ3n) is 5.09. The number of carboxylic acid groups (broad SMARTS) is 1. The molecule has 2 aromatic heterocycles. The zero-order valence-corrected chi connectivity index (χ0v) is 21.7. The molecule has 0 fully saturated rings. The average Bonchev–Trinajstić information content (AvgIpc) is 3.30. The van der Waals surface area contributed by atoms with Gasteiger partial charge >= 0.3 is 12.1 Å². The van der Waals surface area contributed by atoms with Crippen LogP contribution in [0.4, 0.5) is 18.9 Å². The summed E-state index contributed by atoms with van der Waals surface area (Å²) in [4.78, 5) is 41.1. The average molecular weight is 631 g/mol. The number of benzene rings is 2. The third kappa shape index (κ3) is 5.59. The smallest absolute Gasteiger partial charge is 0.435 e. The molecule has 38 heavy (non-hydrogen) atoms. The molecule has 2 amide bonds. The molecule has 2 aromatic carbocycles. The van der Waals surface area contributed by atoms with Crippen LogP contribution in [0.5, 0.6) is 0 Å². The van der Waals surface area contributed by atoms with Crippen molar-refractivity contribution in [3.05, 3.63) is 80.1 Å². The van der Waals surface area contributed by atoms with Gasteiger partial charge in [-0.1, -0.05) is 45.2 Å². The fourth-order valence-corrected chi connectivity index (χ4v) is 4.34. The van der Waals surface area contributed by atoms with Crippen molar-refractivity contribution in [2.75, 3.05) is 11.9 Å². The Hall–Kier alpha value is -3.68. The van der Waals surface area contributed by atoms with Gasteiger partial charge in [0.2, 0.25) is 0 Å². The van der Waals surface area contributed by atoms with Gasteiger partial charge < -0.3 is 15.7 Å². The van der Waals surface area contributed by atoms with Gasteiger partial charge in [-0.3, -0.25) is 14.4 Å². The molecular formula is C23H13BrCl2F3N5O4. The minimum Gasteiger partial charge on any atom is -0.480 e. The number of rotatable bonds is 6. The molecular weight excluding hydrogens is 618 g/mol. The van der Waals surface area contributed by atoms with E-state index >= 15 is 0 Å². The summed E-state index contributed by atoms with van der Waals surface area (Å²) in [6, 6.07) is 9.52. The summed E-state index contributed by atoms with van der Waals surface area (Å²) in [5, 5.41) is 17.6. The first kappa shape index (κ1) is 27.4. The Labute approximate surface area is 229 Å². The molecule has 0 atom stereocenters. The van der Waals surface area contributed by atoms with Gasteiger partial charge in [-0.2, -0.15) is 18.3 Å². The summed E-state index contributed by atoms with van der Waals surface area (Å²) in [6.07, 6.45) is -3.65. The summed E-state index contributed by atoms with van der Waals surface area (Å²) in [7, 11) is 0. The number of aliphatic carboxylic acids is 1. The Morgan fingerprint density at radius 2 is 1.82 bits per heavy atom. The van der Waals surface area contributed by atoms with E-state index in [0.717, 1.165) is 0 Å². The van der Waals surface area contributed by atoms with Gasteiger partial charge in [0.25, 0.3) is 11.8 Å². The first-order valence-corrected chi connectivity index (χ1v) is 11.9.